The number of hydrogen-bond acceptors (Lipinski definition) is 1. The summed E-state index contributed by atoms with van der Waals surface area (Å²) in [4.78, 5) is 0. The van der Waals surface area contributed by atoms with E-state index in [2.05, 4.69) is 0 Å². The first kappa shape index (κ1) is 11.8. The van der Waals surface area contributed by atoms with E-state index in [9.17, 15) is 9.50 Å². The molecule has 0 aliphatic rings. The summed E-state index contributed by atoms with van der Waals surface area (Å²) in [6.45, 7) is 2.01. The summed E-state index contributed by atoms with van der Waals surface area (Å²) < 4.78 is 13.7. The number of hydrogen-bond donors (Lipinski definition) is 1. The van der Waals surface area contributed by atoms with E-state index in [1.807, 2.05) is 25.1 Å². The van der Waals surface area contributed by atoms with E-state index in [4.69, 9.17) is 0 Å². The van der Waals surface area contributed by atoms with Gasteiger partial charge in [0.25, 0.3) is 0 Å². The lowest BCUT2D eigenvalue weighted by Crippen LogP contribution is -2.03. The van der Waals surface area contributed by atoms with E-state index in [0.29, 0.717) is 11.1 Å². The molecule has 0 amide bonds. The van der Waals surface area contributed by atoms with Gasteiger partial charge in [-0.1, -0.05) is 43.3 Å². The molecule has 0 saturated heterocycles. The van der Waals surface area contributed by atoms with Gasteiger partial charge in [0, 0.05) is 5.56 Å². The molecule has 0 spiro atoms. The van der Waals surface area contributed by atoms with E-state index in [1.54, 1.807) is 24.3 Å². The molecule has 2 rings (SSSR count). The van der Waals surface area contributed by atoms with Crippen LogP contribution in [0.4, 0.5) is 4.39 Å². The van der Waals surface area contributed by atoms with Crippen molar-refractivity contribution in [1.82, 2.24) is 0 Å². The second-order valence-corrected chi connectivity index (χ2v) is 4.02. The molecule has 0 aliphatic carbocycles. The van der Waals surface area contributed by atoms with Crippen molar-refractivity contribution < 1.29 is 9.50 Å². The van der Waals surface area contributed by atoms with Crippen molar-refractivity contribution in [2.45, 2.75) is 19.4 Å². The van der Waals surface area contributed by atoms with E-state index >= 15 is 0 Å². The van der Waals surface area contributed by atoms with Crippen LogP contribution in [0.3, 0.4) is 0 Å². The fourth-order valence-electron chi connectivity index (χ4n) is 1.84. The zero-order valence-electron chi connectivity index (χ0n) is 9.73. The van der Waals surface area contributed by atoms with Crippen LogP contribution in [0.5, 0.6) is 0 Å². The molecule has 0 fully saturated rings. The normalized spacial score (nSPS) is 12.4. The smallest absolute Gasteiger partial charge is 0.129 e. The lowest BCUT2D eigenvalue weighted by molar-refractivity contribution is 0.215. The molecule has 0 heterocycles. The van der Waals surface area contributed by atoms with E-state index in [1.165, 1.54) is 6.07 Å². The molecule has 0 radical (unpaired) electrons. The van der Waals surface area contributed by atoms with E-state index in [0.717, 1.165) is 12.0 Å². The first-order valence-corrected chi connectivity index (χ1v) is 5.73. The van der Waals surface area contributed by atoms with E-state index < -0.39 is 6.10 Å². The minimum atomic E-state index is -0.900. The van der Waals surface area contributed by atoms with Crippen molar-refractivity contribution in [1.29, 1.82) is 0 Å². The summed E-state index contributed by atoms with van der Waals surface area (Å²) in [6.07, 6.45) is -0.0721. The molecule has 1 unspecified atom stereocenters. The Labute approximate surface area is 101 Å². The molecule has 0 aliphatic heterocycles. The molecular formula is C15H15FO. The summed E-state index contributed by atoms with van der Waals surface area (Å²) in [7, 11) is 0. The van der Waals surface area contributed by atoms with Crippen molar-refractivity contribution in [2.75, 3.05) is 0 Å². The number of rotatable bonds is 3. The van der Waals surface area contributed by atoms with Gasteiger partial charge in [-0.2, -0.15) is 0 Å². The second-order valence-electron chi connectivity index (χ2n) is 4.02. The minimum Gasteiger partial charge on any atom is -0.384 e. The quantitative estimate of drug-likeness (QED) is 0.856. The van der Waals surface area contributed by atoms with Crippen molar-refractivity contribution in [3.63, 3.8) is 0 Å². The average Bonchev–Trinajstić information content (AvgIpc) is 2.39. The van der Waals surface area contributed by atoms with Gasteiger partial charge in [0.15, 0.2) is 0 Å². The number of aliphatic hydroxyl groups excluding tert-OH is 1. The molecule has 0 saturated carbocycles. The van der Waals surface area contributed by atoms with Crippen molar-refractivity contribution >= 4 is 0 Å². The fraction of sp³-hybridized carbons (Fsp3) is 0.200. The van der Waals surface area contributed by atoms with Gasteiger partial charge in [-0.25, -0.2) is 4.39 Å². The summed E-state index contributed by atoms with van der Waals surface area (Å²) >= 11 is 0. The summed E-state index contributed by atoms with van der Waals surface area (Å²) in [5.74, 6) is -0.362. The van der Waals surface area contributed by atoms with Gasteiger partial charge in [0.05, 0.1) is 0 Å². The largest absolute Gasteiger partial charge is 0.384 e. The average molecular weight is 230 g/mol. The number of benzene rings is 2. The van der Waals surface area contributed by atoms with Gasteiger partial charge >= 0.3 is 0 Å². The molecule has 2 aromatic carbocycles. The van der Waals surface area contributed by atoms with Gasteiger partial charge in [0.1, 0.15) is 11.9 Å². The highest BCUT2D eigenvalue weighted by Gasteiger charge is 2.14. The highest BCUT2D eigenvalue weighted by molar-refractivity contribution is 5.33. The van der Waals surface area contributed by atoms with Crippen LogP contribution < -0.4 is 0 Å². The molecule has 2 heteroatoms. The monoisotopic (exact) mass is 230 g/mol. The lowest BCUT2D eigenvalue weighted by atomic mass is 9.98. The Hall–Kier alpha value is -1.67. The summed E-state index contributed by atoms with van der Waals surface area (Å²) in [5.41, 5.74) is 2.08. The molecule has 17 heavy (non-hydrogen) atoms. The molecule has 1 nitrogen and oxygen atoms in total. The Bertz CT molecular complexity index is 494. The Balaban J connectivity index is 2.40. The highest BCUT2D eigenvalue weighted by atomic mass is 19.1. The third-order valence-electron chi connectivity index (χ3n) is 2.88. The van der Waals surface area contributed by atoms with Crippen LogP contribution in [0.2, 0.25) is 0 Å². The molecule has 0 bridgehead atoms. The molecular weight excluding hydrogens is 215 g/mol. The maximum atomic E-state index is 13.7. The van der Waals surface area contributed by atoms with Crippen LogP contribution in [0.25, 0.3) is 0 Å². The first-order valence-electron chi connectivity index (χ1n) is 5.73. The van der Waals surface area contributed by atoms with Gasteiger partial charge in [0.2, 0.25) is 0 Å². The molecule has 1 atom stereocenters. The van der Waals surface area contributed by atoms with Crippen LogP contribution in [0.15, 0.2) is 48.5 Å². The second kappa shape index (κ2) is 5.11. The Morgan fingerprint density at radius 2 is 1.82 bits per heavy atom. The lowest BCUT2D eigenvalue weighted by Gasteiger charge is -2.13. The minimum absolute atomic E-state index is 0.343. The van der Waals surface area contributed by atoms with Crippen LogP contribution in [-0.2, 0) is 6.42 Å². The number of aryl methyl sites for hydroxylation is 1. The van der Waals surface area contributed by atoms with E-state index in [-0.39, 0.29) is 5.82 Å². The predicted octanol–water partition coefficient (Wildman–Crippen LogP) is 3.47. The molecule has 0 aromatic heterocycles. The molecule has 2 aromatic rings. The third kappa shape index (κ3) is 2.53. The van der Waals surface area contributed by atoms with Crippen molar-refractivity contribution in [3.05, 3.63) is 71.0 Å². The van der Waals surface area contributed by atoms with Gasteiger partial charge < -0.3 is 5.11 Å². The van der Waals surface area contributed by atoms with Crippen molar-refractivity contribution in [3.8, 4) is 0 Å². The number of aliphatic hydroxyl groups is 1. The highest BCUT2D eigenvalue weighted by Crippen LogP contribution is 2.25. The summed E-state index contributed by atoms with van der Waals surface area (Å²) in [5, 5.41) is 10.2. The third-order valence-corrected chi connectivity index (χ3v) is 2.88. The van der Waals surface area contributed by atoms with Crippen molar-refractivity contribution in [2.24, 2.45) is 0 Å². The Morgan fingerprint density at radius 1 is 1.12 bits per heavy atom. The van der Waals surface area contributed by atoms with Gasteiger partial charge in [-0.15, -0.1) is 0 Å². The predicted molar refractivity (Wildman–Crippen MR) is 66.3 cm³/mol. The van der Waals surface area contributed by atoms with Crippen LogP contribution in [0, 0.1) is 5.82 Å². The number of halogens is 1. The molecule has 1 N–H and O–H groups in total. The Kier molecular flexibility index (Phi) is 3.55. The maximum absolute atomic E-state index is 13.7. The Morgan fingerprint density at radius 3 is 2.47 bits per heavy atom. The topological polar surface area (TPSA) is 20.2 Å². The maximum Gasteiger partial charge on any atom is 0.129 e. The SMILES string of the molecule is CCc1ccc(F)c(C(O)c2ccccc2)c1. The van der Waals surface area contributed by atoms with Gasteiger partial charge in [-0.3, -0.25) is 0 Å². The zero-order valence-corrected chi connectivity index (χ0v) is 9.73. The van der Waals surface area contributed by atoms with Crippen LogP contribution in [-0.4, -0.2) is 5.11 Å². The standard InChI is InChI=1S/C15H15FO/c1-2-11-8-9-14(16)13(10-11)15(17)12-6-4-3-5-7-12/h3-10,15,17H,2H2,1H3. The zero-order chi connectivity index (χ0) is 12.3. The fourth-order valence-corrected chi connectivity index (χ4v) is 1.84. The molecule has 88 valence electrons. The van der Waals surface area contributed by atoms with Gasteiger partial charge in [-0.05, 0) is 29.7 Å². The van der Waals surface area contributed by atoms with Crippen LogP contribution >= 0.6 is 0 Å². The first-order chi connectivity index (χ1) is 8.22. The summed E-state index contributed by atoms with van der Waals surface area (Å²) in [6, 6.07) is 14.0. The van der Waals surface area contributed by atoms with Crippen LogP contribution in [0.1, 0.15) is 29.7 Å².